The van der Waals surface area contributed by atoms with Gasteiger partial charge in [0.2, 0.25) is 0 Å². The van der Waals surface area contributed by atoms with E-state index in [1.165, 1.54) is 6.07 Å². The first-order chi connectivity index (χ1) is 11.5. The van der Waals surface area contributed by atoms with Gasteiger partial charge in [0, 0.05) is 31.3 Å². The third kappa shape index (κ3) is 4.66. The largest absolute Gasteiger partial charge is 0.480 e. The predicted octanol–water partition coefficient (Wildman–Crippen LogP) is 1.03. The van der Waals surface area contributed by atoms with Crippen LogP contribution in [0.4, 0.5) is 11.4 Å². The molecule has 2 N–H and O–H groups in total. The molecule has 1 aromatic carbocycles. The highest BCUT2D eigenvalue weighted by atomic mass is 16.6. The molecule has 1 heterocycles. The Kier molecular flexibility index (Phi) is 6.07. The van der Waals surface area contributed by atoms with Gasteiger partial charge >= 0.3 is 5.97 Å². The summed E-state index contributed by atoms with van der Waals surface area (Å²) in [4.78, 5) is 35.1. The van der Waals surface area contributed by atoms with Crippen LogP contribution in [0.15, 0.2) is 18.2 Å². The Hall–Kier alpha value is -2.68. The summed E-state index contributed by atoms with van der Waals surface area (Å²) in [6.07, 6.45) is 1.99. The minimum atomic E-state index is -1.09. The number of carboxylic acid groups (broad SMARTS) is 1. The number of rotatable bonds is 8. The van der Waals surface area contributed by atoms with Gasteiger partial charge in [0.25, 0.3) is 11.6 Å². The zero-order valence-electron chi connectivity index (χ0n) is 13.1. The van der Waals surface area contributed by atoms with Gasteiger partial charge in [-0.05, 0) is 25.0 Å². The van der Waals surface area contributed by atoms with Crippen LogP contribution in [0.1, 0.15) is 23.2 Å². The molecule has 0 radical (unpaired) electrons. The summed E-state index contributed by atoms with van der Waals surface area (Å²) in [5, 5.41) is 22.2. The summed E-state index contributed by atoms with van der Waals surface area (Å²) in [5.74, 6) is -1.56. The van der Waals surface area contributed by atoms with Crippen molar-refractivity contribution in [3.05, 3.63) is 33.9 Å². The van der Waals surface area contributed by atoms with E-state index in [1.54, 1.807) is 12.1 Å². The monoisotopic (exact) mass is 337 g/mol. The number of carbonyl (C=O) groups excluding carboxylic acids is 1. The Balaban J connectivity index is 1.99. The maximum Gasteiger partial charge on any atom is 0.329 e. The molecule has 0 spiro atoms. The summed E-state index contributed by atoms with van der Waals surface area (Å²) >= 11 is 0. The number of hydrogen-bond acceptors (Lipinski definition) is 6. The second kappa shape index (κ2) is 8.25. The van der Waals surface area contributed by atoms with Crippen molar-refractivity contribution in [2.45, 2.75) is 12.8 Å². The van der Waals surface area contributed by atoms with Gasteiger partial charge in [0.15, 0.2) is 0 Å². The molecular weight excluding hydrogens is 318 g/mol. The zero-order chi connectivity index (χ0) is 17.5. The fourth-order valence-corrected chi connectivity index (χ4v) is 2.53. The first kappa shape index (κ1) is 17.7. The standard InChI is InChI=1S/C15H19N3O6/c19-14(20)10-24-8-5-16-15(21)11-3-4-12(13(9-11)18(22)23)17-6-1-2-7-17/h3-4,9H,1-2,5-8,10H2,(H,16,21)(H,19,20). The molecule has 1 saturated heterocycles. The number of carbonyl (C=O) groups is 2. The van der Waals surface area contributed by atoms with Gasteiger partial charge in [0.1, 0.15) is 12.3 Å². The lowest BCUT2D eigenvalue weighted by atomic mass is 10.1. The summed E-state index contributed by atoms with van der Waals surface area (Å²) in [5.41, 5.74) is 0.619. The van der Waals surface area contributed by atoms with Crippen molar-refractivity contribution >= 4 is 23.3 Å². The number of nitro groups is 1. The van der Waals surface area contributed by atoms with E-state index in [2.05, 4.69) is 5.32 Å². The number of anilines is 1. The van der Waals surface area contributed by atoms with Crippen molar-refractivity contribution in [1.29, 1.82) is 0 Å². The normalized spacial score (nSPS) is 13.8. The van der Waals surface area contributed by atoms with Crippen LogP contribution in [0.5, 0.6) is 0 Å². The number of hydrogen-bond donors (Lipinski definition) is 2. The lowest BCUT2D eigenvalue weighted by Gasteiger charge is -2.17. The summed E-state index contributed by atoms with van der Waals surface area (Å²) in [7, 11) is 0. The quantitative estimate of drug-likeness (QED) is 0.412. The van der Waals surface area contributed by atoms with E-state index in [0.29, 0.717) is 5.69 Å². The molecule has 1 aromatic rings. The highest BCUT2D eigenvalue weighted by Crippen LogP contribution is 2.31. The first-order valence-corrected chi connectivity index (χ1v) is 7.60. The van der Waals surface area contributed by atoms with E-state index >= 15 is 0 Å². The highest BCUT2D eigenvalue weighted by Gasteiger charge is 2.23. The smallest absolute Gasteiger partial charge is 0.329 e. The molecule has 2 rings (SSSR count). The van der Waals surface area contributed by atoms with Gasteiger partial charge in [-0.2, -0.15) is 0 Å². The lowest BCUT2D eigenvalue weighted by molar-refractivity contribution is -0.384. The molecule has 0 aromatic heterocycles. The molecule has 0 atom stereocenters. The highest BCUT2D eigenvalue weighted by molar-refractivity contribution is 5.95. The van der Waals surface area contributed by atoms with Crippen molar-refractivity contribution in [2.24, 2.45) is 0 Å². The van der Waals surface area contributed by atoms with Crippen LogP contribution in [-0.2, 0) is 9.53 Å². The molecule has 1 aliphatic rings. The number of carboxylic acids is 1. The fourth-order valence-electron chi connectivity index (χ4n) is 2.53. The van der Waals surface area contributed by atoms with Gasteiger partial charge in [-0.1, -0.05) is 0 Å². The lowest BCUT2D eigenvalue weighted by Crippen LogP contribution is -2.28. The maximum absolute atomic E-state index is 12.0. The molecule has 130 valence electrons. The van der Waals surface area contributed by atoms with E-state index in [0.717, 1.165) is 25.9 Å². The maximum atomic E-state index is 12.0. The van der Waals surface area contributed by atoms with E-state index in [9.17, 15) is 19.7 Å². The molecule has 0 unspecified atom stereocenters. The minimum absolute atomic E-state index is 0.0476. The molecule has 1 amide bonds. The van der Waals surface area contributed by atoms with Crippen molar-refractivity contribution < 1.29 is 24.4 Å². The van der Waals surface area contributed by atoms with Crippen LogP contribution in [0.25, 0.3) is 0 Å². The number of amides is 1. The number of nitrogens with one attached hydrogen (secondary N) is 1. The first-order valence-electron chi connectivity index (χ1n) is 7.60. The summed E-state index contributed by atoms with van der Waals surface area (Å²) in [6, 6.07) is 4.41. The third-order valence-corrected chi connectivity index (χ3v) is 3.64. The van der Waals surface area contributed by atoms with E-state index in [1.807, 2.05) is 4.90 Å². The summed E-state index contributed by atoms with van der Waals surface area (Å²) in [6.45, 7) is 1.27. The van der Waals surface area contributed by atoms with Crippen molar-refractivity contribution in [3.8, 4) is 0 Å². The minimum Gasteiger partial charge on any atom is -0.480 e. The van der Waals surface area contributed by atoms with E-state index in [-0.39, 0.29) is 24.4 Å². The Morgan fingerprint density at radius 2 is 2.04 bits per heavy atom. The number of benzene rings is 1. The molecule has 1 aliphatic heterocycles. The Labute approximate surface area is 138 Å². The van der Waals surface area contributed by atoms with Gasteiger partial charge in [-0.3, -0.25) is 14.9 Å². The molecule has 0 saturated carbocycles. The van der Waals surface area contributed by atoms with Crippen molar-refractivity contribution in [2.75, 3.05) is 37.7 Å². The van der Waals surface area contributed by atoms with Crippen LogP contribution < -0.4 is 10.2 Å². The molecule has 9 heteroatoms. The van der Waals surface area contributed by atoms with Gasteiger partial charge < -0.3 is 20.1 Å². The number of ether oxygens (including phenoxy) is 1. The third-order valence-electron chi connectivity index (χ3n) is 3.64. The van der Waals surface area contributed by atoms with Crippen LogP contribution in [-0.4, -0.2) is 54.8 Å². The van der Waals surface area contributed by atoms with Gasteiger partial charge in [0.05, 0.1) is 11.5 Å². The fraction of sp³-hybridized carbons (Fsp3) is 0.467. The van der Waals surface area contributed by atoms with Crippen molar-refractivity contribution in [1.82, 2.24) is 5.32 Å². The molecule has 9 nitrogen and oxygen atoms in total. The second-order valence-electron chi connectivity index (χ2n) is 5.36. The summed E-state index contributed by atoms with van der Waals surface area (Å²) < 4.78 is 4.80. The van der Waals surface area contributed by atoms with Crippen molar-refractivity contribution in [3.63, 3.8) is 0 Å². The topological polar surface area (TPSA) is 122 Å². The Morgan fingerprint density at radius 3 is 2.67 bits per heavy atom. The molecule has 0 aliphatic carbocycles. The van der Waals surface area contributed by atoms with Crippen LogP contribution in [0, 0.1) is 10.1 Å². The van der Waals surface area contributed by atoms with Crippen LogP contribution in [0.3, 0.4) is 0 Å². The predicted molar refractivity (Wildman–Crippen MR) is 85.3 cm³/mol. The Morgan fingerprint density at radius 1 is 1.33 bits per heavy atom. The second-order valence-corrected chi connectivity index (χ2v) is 5.36. The number of aliphatic carboxylic acids is 1. The number of nitrogens with zero attached hydrogens (tertiary/aromatic N) is 2. The zero-order valence-corrected chi connectivity index (χ0v) is 13.1. The van der Waals surface area contributed by atoms with Gasteiger partial charge in [-0.15, -0.1) is 0 Å². The Bertz CT molecular complexity index is 628. The van der Waals surface area contributed by atoms with E-state index < -0.39 is 23.4 Å². The number of nitro benzene ring substituents is 1. The SMILES string of the molecule is O=C(O)COCCNC(=O)c1ccc(N2CCCC2)c([N+](=O)[O-])c1. The molecule has 0 bridgehead atoms. The van der Waals surface area contributed by atoms with Gasteiger partial charge in [-0.25, -0.2) is 4.79 Å². The molecule has 24 heavy (non-hydrogen) atoms. The molecule has 1 fully saturated rings. The average molecular weight is 337 g/mol. The van der Waals surface area contributed by atoms with E-state index in [4.69, 9.17) is 9.84 Å². The average Bonchev–Trinajstić information content (AvgIpc) is 3.07. The van der Waals surface area contributed by atoms with Crippen LogP contribution >= 0.6 is 0 Å². The molecular formula is C15H19N3O6. The van der Waals surface area contributed by atoms with Crippen LogP contribution in [0.2, 0.25) is 0 Å².